The highest BCUT2D eigenvalue weighted by atomic mass is 32.2. The largest absolute Gasteiger partial charge is 0.379 e. The number of carbonyl (C=O) groups excluding carboxylic acids is 2. The van der Waals surface area contributed by atoms with E-state index in [9.17, 15) is 9.59 Å². The van der Waals surface area contributed by atoms with E-state index >= 15 is 0 Å². The Balaban J connectivity index is 1.82. The molecule has 118 valence electrons. The molecule has 1 aromatic rings. The summed E-state index contributed by atoms with van der Waals surface area (Å²) in [6, 6.07) is 5.57. The Morgan fingerprint density at radius 1 is 1.45 bits per heavy atom. The first-order chi connectivity index (χ1) is 10.6. The van der Waals surface area contributed by atoms with Crippen LogP contribution in [0.3, 0.4) is 0 Å². The van der Waals surface area contributed by atoms with E-state index in [0.717, 1.165) is 16.3 Å². The molecule has 2 amide bonds. The number of benzene rings is 1. The van der Waals surface area contributed by atoms with E-state index in [4.69, 9.17) is 4.74 Å². The van der Waals surface area contributed by atoms with E-state index in [1.165, 1.54) is 0 Å². The summed E-state index contributed by atoms with van der Waals surface area (Å²) in [4.78, 5) is 27.2. The number of hydrogen-bond acceptors (Lipinski definition) is 4. The van der Waals surface area contributed by atoms with E-state index < -0.39 is 0 Å². The van der Waals surface area contributed by atoms with Gasteiger partial charge in [0.2, 0.25) is 5.91 Å². The van der Waals surface area contributed by atoms with Gasteiger partial charge in [0.15, 0.2) is 0 Å². The van der Waals surface area contributed by atoms with Gasteiger partial charge in [0.1, 0.15) is 0 Å². The van der Waals surface area contributed by atoms with Crippen LogP contribution in [0.25, 0.3) is 0 Å². The molecular weight excluding hydrogens is 300 g/mol. The van der Waals surface area contributed by atoms with Gasteiger partial charge < -0.3 is 15.0 Å². The third kappa shape index (κ3) is 3.44. The monoisotopic (exact) mass is 320 g/mol. The zero-order valence-corrected chi connectivity index (χ0v) is 13.4. The maximum absolute atomic E-state index is 12.7. The van der Waals surface area contributed by atoms with Gasteiger partial charge in [-0.25, -0.2) is 0 Å². The van der Waals surface area contributed by atoms with Gasteiger partial charge in [-0.05, 0) is 24.1 Å². The number of nitrogens with zero attached hydrogens (tertiary/aromatic N) is 1. The van der Waals surface area contributed by atoms with Crippen molar-refractivity contribution in [2.75, 3.05) is 37.4 Å². The Morgan fingerprint density at radius 2 is 2.32 bits per heavy atom. The lowest BCUT2D eigenvalue weighted by molar-refractivity contribution is -0.115. The third-order valence-electron chi connectivity index (χ3n) is 3.81. The first-order valence-corrected chi connectivity index (χ1v) is 8.56. The number of carbonyl (C=O) groups is 2. The zero-order chi connectivity index (χ0) is 15.5. The van der Waals surface area contributed by atoms with Crippen LogP contribution in [0.4, 0.5) is 5.69 Å². The number of nitrogens with one attached hydrogen (secondary N) is 1. The Bertz CT molecular complexity index is 591. The first kappa shape index (κ1) is 15.4. The molecule has 1 fully saturated rings. The summed E-state index contributed by atoms with van der Waals surface area (Å²) in [7, 11) is 0. The number of anilines is 1. The maximum Gasteiger partial charge on any atom is 0.254 e. The van der Waals surface area contributed by atoms with Crippen molar-refractivity contribution in [1.29, 1.82) is 0 Å². The van der Waals surface area contributed by atoms with Gasteiger partial charge in [-0.1, -0.05) is 6.92 Å². The van der Waals surface area contributed by atoms with Crippen LogP contribution in [-0.4, -0.2) is 48.8 Å². The van der Waals surface area contributed by atoms with Crippen LogP contribution >= 0.6 is 11.8 Å². The van der Waals surface area contributed by atoms with E-state index in [2.05, 4.69) is 12.2 Å². The highest BCUT2D eigenvalue weighted by Gasteiger charge is 2.22. The predicted octanol–water partition coefficient (Wildman–Crippen LogP) is 2.23. The summed E-state index contributed by atoms with van der Waals surface area (Å²) in [5.74, 6) is 1.12. The SMILES string of the molecule is CC1COCCN(C(=O)c2ccc3c(c2)NC(=O)CCS3)C1. The Morgan fingerprint density at radius 3 is 3.18 bits per heavy atom. The molecule has 0 aliphatic carbocycles. The van der Waals surface area contributed by atoms with Gasteiger partial charge in [0, 0.05) is 35.7 Å². The minimum absolute atomic E-state index is 0.00338. The number of hydrogen-bond donors (Lipinski definition) is 1. The number of fused-ring (bicyclic) bond motifs is 1. The summed E-state index contributed by atoms with van der Waals surface area (Å²) in [6.45, 7) is 4.67. The lowest BCUT2D eigenvalue weighted by Crippen LogP contribution is -2.35. The lowest BCUT2D eigenvalue weighted by atomic mass is 10.1. The summed E-state index contributed by atoms with van der Waals surface area (Å²) >= 11 is 1.64. The minimum atomic E-state index is 0.00338. The molecular formula is C16H20N2O3S. The smallest absolute Gasteiger partial charge is 0.254 e. The van der Waals surface area contributed by atoms with Gasteiger partial charge in [0.25, 0.3) is 5.91 Å². The van der Waals surface area contributed by atoms with E-state index in [1.54, 1.807) is 17.8 Å². The van der Waals surface area contributed by atoms with Crippen molar-refractivity contribution >= 4 is 29.3 Å². The van der Waals surface area contributed by atoms with E-state index in [-0.39, 0.29) is 11.8 Å². The van der Waals surface area contributed by atoms with Crippen molar-refractivity contribution in [3.8, 4) is 0 Å². The number of amides is 2. The van der Waals surface area contributed by atoms with Gasteiger partial charge in [-0.3, -0.25) is 9.59 Å². The fourth-order valence-electron chi connectivity index (χ4n) is 2.70. The van der Waals surface area contributed by atoms with Crippen LogP contribution in [0.1, 0.15) is 23.7 Å². The number of ether oxygens (including phenoxy) is 1. The molecule has 22 heavy (non-hydrogen) atoms. The van der Waals surface area contributed by atoms with Gasteiger partial charge in [-0.15, -0.1) is 11.8 Å². The van der Waals surface area contributed by atoms with Gasteiger partial charge >= 0.3 is 0 Å². The molecule has 1 atom stereocenters. The molecule has 0 bridgehead atoms. The summed E-state index contributed by atoms with van der Waals surface area (Å²) < 4.78 is 5.49. The van der Waals surface area contributed by atoms with Crippen LogP contribution in [0.5, 0.6) is 0 Å². The molecule has 0 saturated carbocycles. The molecule has 3 rings (SSSR count). The molecule has 1 aromatic carbocycles. The number of rotatable bonds is 1. The van der Waals surface area contributed by atoms with Crippen LogP contribution < -0.4 is 5.32 Å². The summed E-state index contributed by atoms with van der Waals surface area (Å²) in [6.07, 6.45) is 0.504. The van der Waals surface area contributed by atoms with Gasteiger partial charge in [0.05, 0.1) is 18.9 Å². The van der Waals surface area contributed by atoms with Gasteiger partial charge in [-0.2, -0.15) is 0 Å². The molecule has 0 spiro atoms. The molecule has 1 unspecified atom stereocenters. The van der Waals surface area contributed by atoms with Crippen molar-refractivity contribution in [2.24, 2.45) is 5.92 Å². The topological polar surface area (TPSA) is 58.6 Å². The average molecular weight is 320 g/mol. The second-order valence-corrected chi connectivity index (χ2v) is 6.93. The zero-order valence-electron chi connectivity index (χ0n) is 12.6. The quantitative estimate of drug-likeness (QED) is 0.862. The van der Waals surface area contributed by atoms with Crippen molar-refractivity contribution in [2.45, 2.75) is 18.2 Å². The van der Waals surface area contributed by atoms with E-state index in [1.807, 2.05) is 17.0 Å². The predicted molar refractivity (Wildman–Crippen MR) is 86.3 cm³/mol. The molecule has 5 nitrogen and oxygen atoms in total. The van der Waals surface area contributed by atoms with Crippen LogP contribution in [0.15, 0.2) is 23.1 Å². The van der Waals surface area contributed by atoms with Crippen molar-refractivity contribution in [3.05, 3.63) is 23.8 Å². The standard InChI is InChI=1S/C16H20N2O3S/c1-11-9-18(5-6-21-10-11)16(20)12-2-3-14-13(8-12)17-15(19)4-7-22-14/h2-3,8,11H,4-7,9-10H2,1H3,(H,17,19). The lowest BCUT2D eigenvalue weighted by Gasteiger charge is -2.22. The minimum Gasteiger partial charge on any atom is -0.379 e. The summed E-state index contributed by atoms with van der Waals surface area (Å²) in [5.41, 5.74) is 1.37. The molecule has 6 heteroatoms. The van der Waals surface area contributed by atoms with Crippen LogP contribution in [-0.2, 0) is 9.53 Å². The molecule has 1 saturated heterocycles. The van der Waals surface area contributed by atoms with E-state index in [0.29, 0.717) is 44.2 Å². The fraction of sp³-hybridized carbons (Fsp3) is 0.500. The molecule has 2 aliphatic rings. The maximum atomic E-state index is 12.7. The molecule has 2 aliphatic heterocycles. The Hall–Kier alpha value is -1.53. The third-order valence-corrected chi connectivity index (χ3v) is 4.89. The highest BCUT2D eigenvalue weighted by Crippen LogP contribution is 2.31. The van der Waals surface area contributed by atoms with Crippen LogP contribution in [0, 0.1) is 5.92 Å². The molecule has 0 radical (unpaired) electrons. The van der Waals surface area contributed by atoms with Crippen molar-refractivity contribution in [1.82, 2.24) is 4.90 Å². The Labute approximate surface area is 134 Å². The molecule has 2 heterocycles. The first-order valence-electron chi connectivity index (χ1n) is 7.57. The summed E-state index contributed by atoms with van der Waals surface area (Å²) in [5, 5.41) is 2.89. The van der Waals surface area contributed by atoms with Crippen LogP contribution in [0.2, 0.25) is 0 Å². The molecule has 0 aromatic heterocycles. The molecule has 1 N–H and O–H groups in total. The average Bonchev–Trinajstić information content (AvgIpc) is 2.82. The second-order valence-electron chi connectivity index (χ2n) is 5.79. The normalized spacial score (nSPS) is 22.3. The Kier molecular flexibility index (Phi) is 4.69. The second kappa shape index (κ2) is 6.71. The van der Waals surface area contributed by atoms with Crippen molar-refractivity contribution < 1.29 is 14.3 Å². The number of thioether (sulfide) groups is 1. The highest BCUT2D eigenvalue weighted by molar-refractivity contribution is 7.99. The fourth-order valence-corrected chi connectivity index (χ4v) is 3.64. The van der Waals surface area contributed by atoms with Crippen molar-refractivity contribution in [3.63, 3.8) is 0 Å².